The molecule has 178 valence electrons. The quantitative estimate of drug-likeness (QED) is 0.572. The molecule has 1 fully saturated rings. The molecule has 2 aliphatic rings. The van der Waals surface area contributed by atoms with Gasteiger partial charge in [0, 0.05) is 24.0 Å². The number of aryl methyl sites for hydroxylation is 2. The van der Waals surface area contributed by atoms with Crippen molar-refractivity contribution in [3.63, 3.8) is 0 Å². The minimum Gasteiger partial charge on any atom is -0.369 e. The lowest BCUT2D eigenvalue weighted by Crippen LogP contribution is -2.45. The molecule has 4 rings (SSSR count). The van der Waals surface area contributed by atoms with Gasteiger partial charge in [0.25, 0.3) is 11.1 Å². The molecule has 0 unspecified atom stereocenters. The van der Waals surface area contributed by atoms with E-state index in [2.05, 4.69) is 50.2 Å². The van der Waals surface area contributed by atoms with Crippen molar-refractivity contribution in [2.24, 2.45) is 0 Å². The van der Waals surface area contributed by atoms with E-state index >= 15 is 0 Å². The number of amides is 3. The fraction of sp³-hybridized carbons (Fsp3) is 0.370. The minimum atomic E-state index is -0.433. The number of hydrogen-bond donors (Lipinski definition) is 1. The summed E-state index contributed by atoms with van der Waals surface area (Å²) in [6.07, 6.45) is 2.82. The second kappa shape index (κ2) is 8.95. The molecule has 2 heterocycles. The number of carbonyl (C=O) groups excluding carboxylic acids is 3. The summed E-state index contributed by atoms with van der Waals surface area (Å²) in [6, 6.07) is 11.7. The van der Waals surface area contributed by atoms with E-state index in [9.17, 15) is 14.4 Å². The van der Waals surface area contributed by atoms with Gasteiger partial charge in [0.05, 0.1) is 4.91 Å². The predicted octanol–water partition coefficient (Wildman–Crippen LogP) is 5.70. The fourth-order valence-corrected chi connectivity index (χ4v) is 5.56. The van der Waals surface area contributed by atoms with Crippen LogP contribution in [0.5, 0.6) is 0 Å². The largest absolute Gasteiger partial charge is 0.369 e. The number of anilines is 2. The highest BCUT2D eigenvalue weighted by Crippen LogP contribution is 2.44. The van der Waals surface area contributed by atoms with E-state index in [1.54, 1.807) is 12.1 Å². The topological polar surface area (TPSA) is 69.7 Å². The number of thioether (sulfide) groups is 1. The molecule has 0 aromatic heterocycles. The zero-order chi connectivity index (χ0) is 24.8. The van der Waals surface area contributed by atoms with Crippen LogP contribution in [0.4, 0.5) is 16.2 Å². The molecule has 2 aromatic rings. The van der Waals surface area contributed by atoms with Crippen LogP contribution in [0, 0.1) is 13.8 Å². The van der Waals surface area contributed by atoms with Gasteiger partial charge in [0.2, 0.25) is 5.91 Å². The summed E-state index contributed by atoms with van der Waals surface area (Å²) in [7, 11) is 2.12. The number of nitrogens with zero attached hydrogens (tertiary/aromatic N) is 2. The molecule has 0 radical (unpaired) electrons. The predicted molar refractivity (Wildman–Crippen MR) is 139 cm³/mol. The van der Waals surface area contributed by atoms with Gasteiger partial charge in [0.15, 0.2) is 0 Å². The van der Waals surface area contributed by atoms with Crippen molar-refractivity contribution < 1.29 is 14.4 Å². The van der Waals surface area contributed by atoms with Crippen LogP contribution in [-0.4, -0.2) is 41.1 Å². The average Bonchev–Trinajstić information content (AvgIpc) is 3.00. The Kier molecular flexibility index (Phi) is 6.34. The SMILES string of the molecule is Cc1cccc(NC(=O)CN2C(=O)S/C(=C\c3cc4c(cc3C)N(C)C(C)(C)C[C@@H]4C)C2=O)c1. The van der Waals surface area contributed by atoms with Crippen molar-refractivity contribution in [2.45, 2.75) is 52.5 Å². The molecule has 34 heavy (non-hydrogen) atoms. The molecule has 6 nitrogen and oxygen atoms in total. The summed E-state index contributed by atoms with van der Waals surface area (Å²) < 4.78 is 0. The van der Waals surface area contributed by atoms with Crippen LogP contribution in [0.3, 0.4) is 0 Å². The second-order valence-electron chi connectivity index (χ2n) is 9.93. The number of fused-ring (bicyclic) bond motifs is 1. The van der Waals surface area contributed by atoms with Crippen molar-refractivity contribution >= 4 is 46.3 Å². The summed E-state index contributed by atoms with van der Waals surface area (Å²) >= 11 is 0.883. The Bertz CT molecular complexity index is 1220. The third kappa shape index (κ3) is 4.62. The van der Waals surface area contributed by atoms with Gasteiger partial charge in [-0.1, -0.05) is 19.1 Å². The maximum atomic E-state index is 13.0. The number of nitrogens with one attached hydrogen (secondary N) is 1. The van der Waals surface area contributed by atoms with Gasteiger partial charge in [-0.15, -0.1) is 0 Å². The normalized spacial score (nSPS) is 20.6. The second-order valence-corrected chi connectivity index (χ2v) is 10.9. The number of hydrogen-bond acceptors (Lipinski definition) is 5. The molecule has 1 N–H and O–H groups in total. The molecule has 1 saturated heterocycles. The zero-order valence-electron chi connectivity index (χ0n) is 20.6. The Morgan fingerprint density at radius 3 is 2.65 bits per heavy atom. The van der Waals surface area contributed by atoms with Crippen LogP contribution in [-0.2, 0) is 9.59 Å². The van der Waals surface area contributed by atoms with E-state index in [0.717, 1.165) is 39.8 Å². The Morgan fingerprint density at radius 2 is 1.94 bits per heavy atom. The summed E-state index contributed by atoms with van der Waals surface area (Å²) in [6.45, 7) is 10.4. The summed E-state index contributed by atoms with van der Waals surface area (Å²) in [4.78, 5) is 41.7. The zero-order valence-corrected chi connectivity index (χ0v) is 21.4. The van der Waals surface area contributed by atoms with Gasteiger partial charge in [-0.2, -0.15) is 0 Å². The monoisotopic (exact) mass is 477 g/mol. The molecule has 0 spiro atoms. The van der Waals surface area contributed by atoms with Crippen LogP contribution >= 0.6 is 11.8 Å². The molecule has 2 aliphatic heterocycles. The van der Waals surface area contributed by atoms with Gasteiger partial charge in [-0.25, -0.2) is 0 Å². The molecular weight excluding hydrogens is 446 g/mol. The van der Waals surface area contributed by atoms with Gasteiger partial charge in [-0.3, -0.25) is 19.3 Å². The Morgan fingerprint density at radius 1 is 1.21 bits per heavy atom. The highest BCUT2D eigenvalue weighted by atomic mass is 32.2. The lowest BCUT2D eigenvalue weighted by atomic mass is 9.79. The van der Waals surface area contributed by atoms with Crippen molar-refractivity contribution in [3.8, 4) is 0 Å². The van der Waals surface area contributed by atoms with E-state index < -0.39 is 17.1 Å². The molecule has 2 aromatic carbocycles. The summed E-state index contributed by atoms with van der Waals surface area (Å²) in [5, 5.41) is 2.33. The van der Waals surface area contributed by atoms with Gasteiger partial charge >= 0.3 is 0 Å². The number of benzene rings is 2. The highest BCUT2D eigenvalue weighted by molar-refractivity contribution is 8.18. The number of rotatable bonds is 4. The molecule has 3 amide bonds. The van der Waals surface area contributed by atoms with Crippen LogP contribution < -0.4 is 10.2 Å². The standard InChI is InChI=1S/C27H31N3O3S/c1-16-8-7-9-20(10-16)28-24(31)15-30-25(32)23(34-26(30)33)13-19-12-21-18(3)14-27(4,5)29(6)22(21)11-17(19)2/h7-13,18H,14-15H2,1-6H3,(H,28,31)/b23-13-/t18-/m0/s1. The fourth-order valence-electron chi connectivity index (χ4n) is 4.73. The summed E-state index contributed by atoms with van der Waals surface area (Å²) in [5.41, 5.74) is 6.14. The molecule has 0 bridgehead atoms. The van der Waals surface area contributed by atoms with E-state index in [4.69, 9.17) is 0 Å². The van der Waals surface area contributed by atoms with Crippen LogP contribution in [0.25, 0.3) is 6.08 Å². The third-order valence-electron chi connectivity index (χ3n) is 6.79. The maximum absolute atomic E-state index is 13.0. The smallest absolute Gasteiger partial charge is 0.294 e. The minimum absolute atomic E-state index is 0.0715. The van der Waals surface area contributed by atoms with Crippen LogP contribution in [0.15, 0.2) is 41.3 Å². The molecule has 7 heteroatoms. The van der Waals surface area contributed by atoms with Crippen molar-refractivity contribution in [1.82, 2.24) is 4.90 Å². The van der Waals surface area contributed by atoms with E-state index in [0.29, 0.717) is 16.5 Å². The first kappa shape index (κ1) is 24.1. The average molecular weight is 478 g/mol. The van der Waals surface area contributed by atoms with E-state index in [-0.39, 0.29) is 12.1 Å². The Balaban J connectivity index is 1.54. The van der Waals surface area contributed by atoms with Crippen molar-refractivity contribution in [3.05, 3.63) is 63.6 Å². The molecular formula is C27H31N3O3S. The molecule has 1 atom stereocenters. The van der Waals surface area contributed by atoms with Gasteiger partial charge < -0.3 is 10.2 Å². The number of imide groups is 1. The Hall–Kier alpha value is -3.06. The van der Waals surface area contributed by atoms with Crippen LogP contribution in [0.2, 0.25) is 0 Å². The van der Waals surface area contributed by atoms with Crippen molar-refractivity contribution in [1.29, 1.82) is 0 Å². The van der Waals surface area contributed by atoms with Crippen molar-refractivity contribution in [2.75, 3.05) is 23.8 Å². The first-order chi connectivity index (χ1) is 16.0. The molecule has 0 aliphatic carbocycles. The van der Waals surface area contributed by atoms with Crippen LogP contribution in [0.1, 0.15) is 55.4 Å². The Labute approximate surface area is 205 Å². The highest BCUT2D eigenvalue weighted by Gasteiger charge is 2.37. The maximum Gasteiger partial charge on any atom is 0.294 e. The van der Waals surface area contributed by atoms with E-state index in [1.165, 1.54) is 11.3 Å². The van der Waals surface area contributed by atoms with Gasteiger partial charge in [0.1, 0.15) is 6.54 Å². The molecule has 0 saturated carbocycles. The first-order valence-corrected chi connectivity index (χ1v) is 12.3. The van der Waals surface area contributed by atoms with E-state index in [1.807, 2.05) is 32.0 Å². The third-order valence-corrected chi connectivity index (χ3v) is 7.69. The summed E-state index contributed by atoms with van der Waals surface area (Å²) in [5.74, 6) is -0.453. The lowest BCUT2D eigenvalue weighted by molar-refractivity contribution is -0.127. The lowest BCUT2D eigenvalue weighted by Gasteiger charge is -2.45. The first-order valence-electron chi connectivity index (χ1n) is 11.5. The van der Waals surface area contributed by atoms with Gasteiger partial charge in [-0.05, 0) is 104 Å². The number of carbonyl (C=O) groups is 3.